The van der Waals surface area contributed by atoms with Gasteiger partial charge in [-0.05, 0) is 78.9 Å². The molecule has 1 heterocycles. The Kier molecular flexibility index (Phi) is 5.24. The molecule has 1 saturated carbocycles. The van der Waals surface area contributed by atoms with Crippen molar-refractivity contribution in [3.8, 4) is 22.6 Å². The van der Waals surface area contributed by atoms with E-state index >= 15 is 0 Å². The van der Waals surface area contributed by atoms with Crippen LogP contribution >= 0.6 is 0 Å². The molecule has 1 aromatic heterocycles. The number of hydrogen-bond donors (Lipinski definition) is 2. The van der Waals surface area contributed by atoms with Crippen molar-refractivity contribution in [1.82, 2.24) is 4.98 Å². The molecule has 0 spiro atoms. The number of aryl methyl sites for hydroxylation is 1. The molecule has 1 aliphatic rings. The van der Waals surface area contributed by atoms with Crippen molar-refractivity contribution >= 4 is 16.9 Å². The normalized spacial score (nSPS) is 14.5. The number of aromatic amines is 1. The molecule has 146 valence electrons. The predicted molar refractivity (Wildman–Crippen MR) is 109 cm³/mol. The Hall–Kier alpha value is -2.95. The molecule has 0 bridgehead atoms. The molecule has 4 rings (SSSR count). The van der Waals surface area contributed by atoms with Crippen LogP contribution in [0.2, 0.25) is 0 Å². The van der Waals surface area contributed by atoms with Gasteiger partial charge in [0, 0.05) is 23.7 Å². The lowest BCUT2D eigenvalue weighted by atomic mass is 9.98. The van der Waals surface area contributed by atoms with Crippen molar-refractivity contribution in [1.29, 1.82) is 0 Å². The number of benzene rings is 2. The SMILES string of the molecule is COc1cc(CCC(=O)O)cc(-c2ccc3[nH]ccc3c2)c1OC1CCCC1. The van der Waals surface area contributed by atoms with Crippen molar-refractivity contribution in [3.05, 3.63) is 48.2 Å². The lowest BCUT2D eigenvalue weighted by Crippen LogP contribution is -2.12. The van der Waals surface area contributed by atoms with Gasteiger partial charge in [-0.3, -0.25) is 4.79 Å². The molecule has 0 unspecified atom stereocenters. The van der Waals surface area contributed by atoms with Crippen LogP contribution in [0, 0.1) is 0 Å². The molecule has 3 aromatic rings. The number of nitrogens with one attached hydrogen (secondary N) is 1. The van der Waals surface area contributed by atoms with E-state index < -0.39 is 5.97 Å². The summed E-state index contributed by atoms with van der Waals surface area (Å²) < 4.78 is 12.1. The van der Waals surface area contributed by atoms with Gasteiger partial charge in [0.15, 0.2) is 11.5 Å². The van der Waals surface area contributed by atoms with Gasteiger partial charge >= 0.3 is 5.97 Å². The van der Waals surface area contributed by atoms with Crippen molar-refractivity contribution in [2.45, 2.75) is 44.6 Å². The van der Waals surface area contributed by atoms with Gasteiger partial charge in [0.25, 0.3) is 0 Å². The van der Waals surface area contributed by atoms with E-state index in [1.807, 2.05) is 24.4 Å². The second kappa shape index (κ2) is 7.97. The quantitative estimate of drug-likeness (QED) is 0.593. The van der Waals surface area contributed by atoms with E-state index in [1.54, 1.807) is 7.11 Å². The van der Waals surface area contributed by atoms with Gasteiger partial charge in [-0.25, -0.2) is 0 Å². The number of aliphatic carboxylic acids is 1. The maximum Gasteiger partial charge on any atom is 0.303 e. The highest BCUT2D eigenvalue weighted by Crippen LogP contribution is 2.42. The lowest BCUT2D eigenvalue weighted by Gasteiger charge is -2.21. The lowest BCUT2D eigenvalue weighted by molar-refractivity contribution is -0.136. The molecule has 0 aliphatic heterocycles. The molecule has 0 amide bonds. The molecule has 5 nitrogen and oxygen atoms in total. The topological polar surface area (TPSA) is 71.5 Å². The largest absolute Gasteiger partial charge is 0.493 e. The number of ether oxygens (including phenoxy) is 2. The molecule has 1 aliphatic carbocycles. The number of methoxy groups -OCH3 is 1. The van der Waals surface area contributed by atoms with E-state index in [4.69, 9.17) is 14.6 Å². The number of fused-ring (bicyclic) bond motifs is 1. The molecule has 28 heavy (non-hydrogen) atoms. The van der Waals surface area contributed by atoms with E-state index in [9.17, 15) is 4.79 Å². The van der Waals surface area contributed by atoms with Gasteiger partial charge in [-0.15, -0.1) is 0 Å². The number of carboxylic acids is 1. The van der Waals surface area contributed by atoms with Crippen LogP contribution in [0.15, 0.2) is 42.6 Å². The fraction of sp³-hybridized carbons (Fsp3) is 0.348. The molecular weight excluding hydrogens is 354 g/mol. The minimum atomic E-state index is -0.805. The highest BCUT2D eigenvalue weighted by molar-refractivity contribution is 5.87. The number of aromatic nitrogens is 1. The number of carboxylic acid groups (broad SMARTS) is 1. The maximum atomic E-state index is 11.0. The Balaban J connectivity index is 1.80. The van der Waals surface area contributed by atoms with E-state index in [0.29, 0.717) is 12.2 Å². The molecule has 5 heteroatoms. The van der Waals surface area contributed by atoms with Gasteiger partial charge < -0.3 is 19.6 Å². The van der Waals surface area contributed by atoms with Crippen LogP contribution in [-0.2, 0) is 11.2 Å². The summed E-state index contributed by atoms with van der Waals surface area (Å²) in [6.07, 6.45) is 7.16. The maximum absolute atomic E-state index is 11.0. The highest BCUT2D eigenvalue weighted by atomic mass is 16.5. The predicted octanol–water partition coefficient (Wildman–Crippen LogP) is 5.18. The molecule has 2 aromatic carbocycles. The third-order valence-corrected chi connectivity index (χ3v) is 5.41. The van der Waals surface area contributed by atoms with Gasteiger partial charge in [-0.1, -0.05) is 6.07 Å². The van der Waals surface area contributed by atoms with Gasteiger partial charge in [-0.2, -0.15) is 0 Å². The van der Waals surface area contributed by atoms with E-state index in [0.717, 1.165) is 46.2 Å². The fourth-order valence-electron chi connectivity index (χ4n) is 3.94. The Morgan fingerprint density at radius 2 is 2.00 bits per heavy atom. The smallest absolute Gasteiger partial charge is 0.303 e. The molecule has 0 atom stereocenters. The van der Waals surface area contributed by atoms with Crippen molar-refractivity contribution in [3.63, 3.8) is 0 Å². The Bertz CT molecular complexity index is 985. The van der Waals surface area contributed by atoms with Crippen LogP contribution < -0.4 is 9.47 Å². The molecule has 2 N–H and O–H groups in total. The summed E-state index contributed by atoms with van der Waals surface area (Å²) >= 11 is 0. The van der Waals surface area contributed by atoms with Crippen molar-refractivity contribution in [2.75, 3.05) is 7.11 Å². The van der Waals surface area contributed by atoms with Crippen LogP contribution in [0.25, 0.3) is 22.0 Å². The Morgan fingerprint density at radius 3 is 2.75 bits per heavy atom. The zero-order valence-electron chi connectivity index (χ0n) is 16.0. The summed E-state index contributed by atoms with van der Waals surface area (Å²) in [4.78, 5) is 14.3. The number of hydrogen-bond acceptors (Lipinski definition) is 3. The van der Waals surface area contributed by atoms with Crippen LogP contribution in [0.5, 0.6) is 11.5 Å². The number of H-pyrrole nitrogens is 1. The first-order valence-corrected chi connectivity index (χ1v) is 9.81. The zero-order valence-corrected chi connectivity index (χ0v) is 16.0. The summed E-state index contributed by atoms with van der Waals surface area (Å²) in [5.74, 6) is 0.614. The summed E-state index contributed by atoms with van der Waals surface area (Å²) in [6, 6.07) is 12.2. The average Bonchev–Trinajstić information content (AvgIpc) is 3.37. The summed E-state index contributed by atoms with van der Waals surface area (Å²) in [7, 11) is 1.64. The van der Waals surface area contributed by atoms with Gasteiger partial charge in [0.1, 0.15) is 0 Å². The molecule has 0 radical (unpaired) electrons. The average molecular weight is 379 g/mol. The van der Waals surface area contributed by atoms with Crippen LogP contribution in [0.1, 0.15) is 37.7 Å². The standard InChI is InChI=1S/C23H25NO4/c1-27-21-13-15(6-9-22(25)26)12-19(23(21)28-18-4-2-3-5-18)16-7-8-20-17(14-16)10-11-24-20/h7-8,10-14,18,24H,2-6,9H2,1H3,(H,25,26). The van der Waals surface area contributed by atoms with Crippen LogP contribution in [0.3, 0.4) is 0 Å². The summed E-state index contributed by atoms with van der Waals surface area (Å²) in [5, 5.41) is 10.2. The summed E-state index contributed by atoms with van der Waals surface area (Å²) in [6.45, 7) is 0. The fourth-order valence-corrected chi connectivity index (χ4v) is 3.94. The van der Waals surface area contributed by atoms with E-state index in [1.165, 1.54) is 12.8 Å². The number of rotatable bonds is 7. The second-order valence-corrected chi connectivity index (χ2v) is 7.37. The Morgan fingerprint density at radius 1 is 1.18 bits per heavy atom. The first-order valence-electron chi connectivity index (χ1n) is 9.81. The van der Waals surface area contributed by atoms with E-state index in [-0.39, 0.29) is 12.5 Å². The third-order valence-electron chi connectivity index (χ3n) is 5.41. The second-order valence-electron chi connectivity index (χ2n) is 7.37. The van der Waals surface area contributed by atoms with Crippen LogP contribution in [-0.4, -0.2) is 29.3 Å². The van der Waals surface area contributed by atoms with Crippen molar-refractivity contribution in [2.24, 2.45) is 0 Å². The Labute approximate surface area is 164 Å². The minimum absolute atomic E-state index is 0.0856. The van der Waals surface area contributed by atoms with Gasteiger partial charge in [0.05, 0.1) is 13.2 Å². The number of carbonyl (C=O) groups is 1. The molecular formula is C23H25NO4. The molecule has 1 fully saturated rings. The van der Waals surface area contributed by atoms with Crippen LogP contribution in [0.4, 0.5) is 0 Å². The first kappa shape index (κ1) is 18.4. The zero-order chi connectivity index (χ0) is 19.5. The summed E-state index contributed by atoms with van der Waals surface area (Å²) in [5.41, 5.74) is 4.00. The first-order chi connectivity index (χ1) is 13.6. The van der Waals surface area contributed by atoms with Crippen molar-refractivity contribution < 1.29 is 19.4 Å². The highest BCUT2D eigenvalue weighted by Gasteiger charge is 2.22. The minimum Gasteiger partial charge on any atom is -0.493 e. The van der Waals surface area contributed by atoms with Gasteiger partial charge in [0.2, 0.25) is 0 Å². The third kappa shape index (κ3) is 3.84. The monoisotopic (exact) mass is 379 g/mol. The molecule has 0 saturated heterocycles. The van der Waals surface area contributed by atoms with E-state index in [2.05, 4.69) is 23.2 Å².